The van der Waals surface area contributed by atoms with E-state index in [9.17, 15) is 4.79 Å². The van der Waals surface area contributed by atoms with Gasteiger partial charge in [0.2, 0.25) is 0 Å². The second-order valence-corrected chi connectivity index (χ2v) is 8.48. The minimum absolute atomic E-state index is 0.166. The van der Waals surface area contributed by atoms with Gasteiger partial charge in [0.25, 0.3) is 0 Å². The molecule has 6 nitrogen and oxygen atoms in total. The standard InChI is InChI=1S/C17H17BrCl2N4O2S/c1-2-26-16(25)15(14-11-4-3-5-23(11)17(27)21-14)24-7-8-10(19)6-9(18)12(20)13(8)22-24/h6-7,15,17,21,27H,2-5H2,1H3. The Kier molecular flexibility index (Phi) is 5.26. The summed E-state index contributed by atoms with van der Waals surface area (Å²) in [6, 6.07) is 0.964. The molecule has 2 aromatic rings. The predicted molar refractivity (Wildman–Crippen MR) is 112 cm³/mol. The van der Waals surface area contributed by atoms with Crippen molar-refractivity contribution in [1.29, 1.82) is 0 Å². The van der Waals surface area contributed by atoms with Crippen molar-refractivity contribution < 1.29 is 9.53 Å². The van der Waals surface area contributed by atoms with Crippen LogP contribution >= 0.6 is 51.8 Å². The van der Waals surface area contributed by atoms with Gasteiger partial charge in [-0.1, -0.05) is 23.2 Å². The van der Waals surface area contributed by atoms with Crippen LogP contribution in [0.25, 0.3) is 10.9 Å². The fourth-order valence-corrected chi connectivity index (χ4v) is 4.98. The number of carbonyl (C=O) groups is 1. The molecular formula is C17H17BrCl2N4O2S. The normalized spacial score (nSPS) is 20.2. The van der Waals surface area contributed by atoms with Crippen molar-refractivity contribution in [2.45, 2.75) is 31.3 Å². The van der Waals surface area contributed by atoms with Gasteiger partial charge in [-0.15, -0.1) is 12.6 Å². The molecule has 1 aromatic carbocycles. The third-order valence-corrected chi connectivity index (χ3v) is 6.72. The summed E-state index contributed by atoms with van der Waals surface area (Å²) < 4.78 is 7.57. The van der Waals surface area contributed by atoms with Gasteiger partial charge >= 0.3 is 5.97 Å². The summed E-state index contributed by atoms with van der Waals surface area (Å²) in [6.45, 7) is 2.96. The van der Waals surface area contributed by atoms with Crippen LogP contribution < -0.4 is 5.32 Å². The number of carbonyl (C=O) groups excluding carboxylic acids is 1. The second kappa shape index (κ2) is 7.39. The van der Waals surface area contributed by atoms with E-state index in [2.05, 4.69) is 43.9 Å². The minimum Gasteiger partial charge on any atom is -0.464 e. The number of allylic oxidation sites excluding steroid dienone is 1. The number of nitrogens with zero attached hydrogens (tertiary/aromatic N) is 3. The number of thiol groups is 1. The highest BCUT2D eigenvalue weighted by Crippen LogP contribution is 2.39. The molecule has 0 saturated carbocycles. The smallest absolute Gasteiger partial charge is 0.337 e. The van der Waals surface area contributed by atoms with E-state index < -0.39 is 6.04 Å². The summed E-state index contributed by atoms with van der Waals surface area (Å²) in [5, 5.41) is 9.51. The van der Waals surface area contributed by atoms with Gasteiger partial charge in [-0.05, 0) is 41.8 Å². The number of esters is 1. The number of benzene rings is 1. The van der Waals surface area contributed by atoms with E-state index in [1.54, 1.807) is 23.9 Å². The zero-order valence-corrected chi connectivity index (χ0v) is 18.4. The third kappa shape index (κ3) is 3.20. The molecule has 27 heavy (non-hydrogen) atoms. The number of ether oxygens (including phenoxy) is 1. The van der Waals surface area contributed by atoms with Gasteiger partial charge in [-0.2, -0.15) is 5.10 Å². The van der Waals surface area contributed by atoms with Gasteiger partial charge in [0.05, 0.1) is 22.3 Å². The van der Waals surface area contributed by atoms with Crippen LogP contribution in [0.15, 0.2) is 28.1 Å². The van der Waals surface area contributed by atoms with Crippen LogP contribution in [0.1, 0.15) is 25.8 Å². The first-order chi connectivity index (χ1) is 12.9. The third-order valence-electron chi connectivity index (χ3n) is 4.76. The van der Waals surface area contributed by atoms with E-state index in [1.165, 1.54) is 0 Å². The predicted octanol–water partition coefficient (Wildman–Crippen LogP) is 4.33. The fourth-order valence-electron chi connectivity index (χ4n) is 3.60. The van der Waals surface area contributed by atoms with Crippen molar-refractivity contribution in [3.05, 3.63) is 38.2 Å². The van der Waals surface area contributed by atoms with Crippen LogP contribution in [0.2, 0.25) is 10.0 Å². The molecule has 2 atom stereocenters. The monoisotopic (exact) mass is 490 g/mol. The van der Waals surface area contributed by atoms with Gasteiger partial charge in [-0.25, -0.2) is 4.79 Å². The fraction of sp³-hybridized carbons (Fsp3) is 0.412. The van der Waals surface area contributed by atoms with Crippen LogP contribution in [-0.2, 0) is 9.53 Å². The van der Waals surface area contributed by atoms with Gasteiger partial charge in [-0.3, -0.25) is 4.68 Å². The zero-order valence-electron chi connectivity index (χ0n) is 14.4. The average Bonchev–Trinajstić information content (AvgIpc) is 3.32. The molecule has 0 aliphatic carbocycles. The molecule has 0 radical (unpaired) electrons. The largest absolute Gasteiger partial charge is 0.464 e. The van der Waals surface area contributed by atoms with Crippen molar-refractivity contribution in [1.82, 2.24) is 20.0 Å². The molecule has 0 bridgehead atoms. The number of halogens is 3. The highest BCUT2D eigenvalue weighted by Gasteiger charge is 2.40. The van der Waals surface area contributed by atoms with E-state index in [0.29, 0.717) is 25.4 Å². The summed E-state index contributed by atoms with van der Waals surface area (Å²) in [6.07, 6.45) is 3.64. The Morgan fingerprint density at radius 1 is 1.56 bits per heavy atom. The lowest BCUT2D eigenvalue weighted by Gasteiger charge is -2.20. The van der Waals surface area contributed by atoms with Crippen molar-refractivity contribution in [2.75, 3.05) is 13.2 Å². The zero-order chi connectivity index (χ0) is 19.3. The van der Waals surface area contributed by atoms with Crippen LogP contribution in [-0.4, -0.2) is 39.3 Å². The Hall–Kier alpha value is -1.09. The van der Waals surface area contributed by atoms with Crippen LogP contribution in [0.4, 0.5) is 0 Å². The van der Waals surface area contributed by atoms with Crippen molar-refractivity contribution in [3.63, 3.8) is 0 Å². The van der Waals surface area contributed by atoms with Crippen molar-refractivity contribution >= 4 is 68.6 Å². The minimum atomic E-state index is -0.754. The lowest BCUT2D eigenvalue weighted by Crippen LogP contribution is -2.34. The summed E-state index contributed by atoms with van der Waals surface area (Å²) in [5.74, 6) is -0.388. The molecule has 1 fully saturated rings. The highest BCUT2D eigenvalue weighted by molar-refractivity contribution is 9.10. The number of fused-ring (bicyclic) bond motifs is 2. The van der Waals surface area contributed by atoms with E-state index >= 15 is 0 Å². The lowest BCUT2D eigenvalue weighted by atomic mass is 10.1. The first-order valence-corrected chi connectivity index (χ1v) is 10.6. The van der Waals surface area contributed by atoms with Gasteiger partial charge in [0.1, 0.15) is 11.0 Å². The summed E-state index contributed by atoms with van der Waals surface area (Å²) in [5.41, 5.74) is 2.21. The van der Waals surface area contributed by atoms with Crippen LogP contribution in [0.5, 0.6) is 0 Å². The van der Waals surface area contributed by atoms with Crippen molar-refractivity contribution in [2.24, 2.45) is 0 Å². The second-order valence-electron chi connectivity index (χ2n) is 6.36. The molecule has 1 saturated heterocycles. The molecule has 1 aromatic heterocycles. The number of rotatable bonds is 4. The quantitative estimate of drug-likeness (QED) is 0.378. The van der Waals surface area contributed by atoms with Gasteiger partial charge in [0, 0.05) is 28.3 Å². The average molecular weight is 492 g/mol. The highest BCUT2D eigenvalue weighted by atomic mass is 79.9. The Balaban J connectivity index is 1.87. The molecule has 4 rings (SSSR count). The van der Waals surface area contributed by atoms with Gasteiger partial charge in [0.15, 0.2) is 6.04 Å². The molecule has 2 aliphatic heterocycles. The number of hydrogen-bond donors (Lipinski definition) is 2. The number of nitrogens with one attached hydrogen (secondary N) is 1. The Morgan fingerprint density at radius 3 is 3.07 bits per heavy atom. The maximum atomic E-state index is 12.9. The topological polar surface area (TPSA) is 59.4 Å². The molecule has 2 unspecified atom stereocenters. The molecular weight excluding hydrogens is 475 g/mol. The lowest BCUT2D eigenvalue weighted by molar-refractivity contribution is -0.146. The molecule has 0 spiro atoms. The number of aromatic nitrogens is 2. The molecule has 2 aliphatic rings. The Bertz CT molecular complexity index is 964. The van der Waals surface area contributed by atoms with Crippen LogP contribution in [0, 0.1) is 0 Å². The van der Waals surface area contributed by atoms with E-state index in [1.807, 2.05) is 0 Å². The van der Waals surface area contributed by atoms with Gasteiger partial charge < -0.3 is 15.0 Å². The molecule has 144 valence electrons. The Morgan fingerprint density at radius 2 is 2.33 bits per heavy atom. The molecule has 10 heteroatoms. The maximum absolute atomic E-state index is 12.9. The summed E-state index contributed by atoms with van der Waals surface area (Å²) in [4.78, 5) is 15.0. The Labute approximate surface area is 180 Å². The van der Waals surface area contributed by atoms with Crippen LogP contribution in [0.3, 0.4) is 0 Å². The first kappa shape index (κ1) is 19.2. The summed E-state index contributed by atoms with van der Waals surface area (Å²) in [7, 11) is 0. The molecule has 0 amide bonds. The van der Waals surface area contributed by atoms with Crippen molar-refractivity contribution in [3.8, 4) is 0 Å². The number of hydrogen-bond acceptors (Lipinski definition) is 6. The first-order valence-electron chi connectivity index (χ1n) is 8.55. The van der Waals surface area contributed by atoms with E-state index in [-0.39, 0.29) is 18.1 Å². The maximum Gasteiger partial charge on any atom is 0.337 e. The summed E-state index contributed by atoms with van der Waals surface area (Å²) >= 11 is 20.7. The molecule has 1 N–H and O–H groups in total. The SMILES string of the molecule is CCOC(=O)C(C1=C2CCCN2C(S)N1)n1cc2c(Cl)cc(Br)c(Cl)c2n1. The molecule has 3 heterocycles. The van der Waals surface area contributed by atoms with E-state index in [4.69, 9.17) is 27.9 Å². The van der Waals surface area contributed by atoms with E-state index in [0.717, 1.165) is 30.8 Å².